The van der Waals surface area contributed by atoms with Crippen molar-refractivity contribution in [2.45, 2.75) is 38.6 Å². The molecule has 2 heteroatoms. The lowest BCUT2D eigenvalue weighted by molar-refractivity contribution is 0.632. The van der Waals surface area contributed by atoms with Crippen LogP contribution >= 0.6 is 15.9 Å². The SMILES string of the molecule is Brc1ccc(CNCCC2=CCCCC2)cc1. The Morgan fingerprint density at radius 2 is 1.94 bits per heavy atom. The number of hydrogen-bond donors (Lipinski definition) is 1. The van der Waals surface area contributed by atoms with E-state index < -0.39 is 0 Å². The zero-order chi connectivity index (χ0) is 11.9. The molecule has 0 aliphatic heterocycles. The van der Waals surface area contributed by atoms with E-state index in [2.05, 4.69) is 51.6 Å². The van der Waals surface area contributed by atoms with Gasteiger partial charge in [-0.15, -0.1) is 0 Å². The largest absolute Gasteiger partial charge is 0.312 e. The lowest BCUT2D eigenvalue weighted by Gasteiger charge is -2.12. The van der Waals surface area contributed by atoms with Gasteiger partial charge in [0.2, 0.25) is 0 Å². The standard InChI is InChI=1S/C15H20BrN/c16-15-8-6-14(7-9-15)12-17-11-10-13-4-2-1-3-5-13/h4,6-9,17H,1-3,5,10-12H2. The van der Waals surface area contributed by atoms with Crippen molar-refractivity contribution in [3.8, 4) is 0 Å². The number of halogens is 1. The van der Waals surface area contributed by atoms with E-state index >= 15 is 0 Å². The second-order valence-corrected chi connectivity index (χ2v) is 5.58. The molecule has 0 unspecified atom stereocenters. The Balaban J connectivity index is 1.66. The molecule has 0 radical (unpaired) electrons. The van der Waals surface area contributed by atoms with Crippen LogP contribution in [0.2, 0.25) is 0 Å². The van der Waals surface area contributed by atoms with Crippen molar-refractivity contribution in [1.82, 2.24) is 5.32 Å². The summed E-state index contributed by atoms with van der Waals surface area (Å²) in [5.41, 5.74) is 3.00. The van der Waals surface area contributed by atoms with Gasteiger partial charge < -0.3 is 5.32 Å². The average molecular weight is 294 g/mol. The van der Waals surface area contributed by atoms with Crippen molar-refractivity contribution in [2.75, 3.05) is 6.54 Å². The van der Waals surface area contributed by atoms with E-state index in [9.17, 15) is 0 Å². The highest BCUT2D eigenvalue weighted by atomic mass is 79.9. The molecule has 0 saturated carbocycles. The smallest absolute Gasteiger partial charge is 0.0205 e. The average Bonchev–Trinajstić information content (AvgIpc) is 2.38. The van der Waals surface area contributed by atoms with E-state index in [1.807, 2.05) is 0 Å². The third-order valence-corrected chi connectivity index (χ3v) is 3.78. The summed E-state index contributed by atoms with van der Waals surface area (Å²) in [5, 5.41) is 3.51. The number of allylic oxidation sites excluding steroid dienone is 1. The molecule has 1 aromatic rings. The summed E-state index contributed by atoms with van der Waals surface area (Å²) in [6.07, 6.45) is 9.04. The van der Waals surface area contributed by atoms with E-state index in [0.717, 1.165) is 17.6 Å². The van der Waals surface area contributed by atoms with Gasteiger partial charge >= 0.3 is 0 Å². The first-order valence-corrected chi connectivity index (χ1v) is 7.27. The molecule has 1 aliphatic carbocycles. The molecule has 1 aromatic carbocycles. The van der Waals surface area contributed by atoms with Crippen molar-refractivity contribution in [2.24, 2.45) is 0 Å². The van der Waals surface area contributed by atoms with Crippen LogP contribution in [0.15, 0.2) is 40.4 Å². The minimum atomic E-state index is 0.973. The molecule has 0 spiro atoms. The van der Waals surface area contributed by atoms with Gasteiger partial charge in [0, 0.05) is 11.0 Å². The molecule has 1 N–H and O–H groups in total. The Kier molecular flexibility index (Phi) is 5.27. The molecule has 92 valence electrons. The summed E-state index contributed by atoms with van der Waals surface area (Å²) in [5.74, 6) is 0. The van der Waals surface area contributed by atoms with Gasteiger partial charge in [0.1, 0.15) is 0 Å². The predicted octanol–water partition coefficient (Wildman–Crippen LogP) is 4.43. The fourth-order valence-electron chi connectivity index (χ4n) is 2.22. The predicted molar refractivity (Wildman–Crippen MR) is 77.0 cm³/mol. The van der Waals surface area contributed by atoms with Crippen LogP contribution in [-0.4, -0.2) is 6.54 Å². The van der Waals surface area contributed by atoms with Crippen LogP contribution in [0.5, 0.6) is 0 Å². The fraction of sp³-hybridized carbons (Fsp3) is 0.467. The van der Waals surface area contributed by atoms with Gasteiger partial charge in [0.25, 0.3) is 0 Å². The van der Waals surface area contributed by atoms with Crippen molar-refractivity contribution < 1.29 is 0 Å². The van der Waals surface area contributed by atoms with Crippen LogP contribution in [0, 0.1) is 0 Å². The third-order valence-electron chi connectivity index (χ3n) is 3.25. The summed E-state index contributed by atoms with van der Waals surface area (Å²) in [6.45, 7) is 2.07. The van der Waals surface area contributed by atoms with Gasteiger partial charge in [-0.3, -0.25) is 0 Å². The van der Waals surface area contributed by atoms with Crippen LogP contribution < -0.4 is 5.32 Å². The maximum absolute atomic E-state index is 3.51. The third kappa shape index (κ3) is 4.64. The highest BCUT2D eigenvalue weighted by molar-refractivity contribution is 9.10. The molecule has 0 amide bonds. The number of rotatable bonds is 5. The number of hydrogen-bond acceptors (Lipinski definition) is 1. The quantitative estimate of drug-likeness (QED) is 0.626. The van der Waals surface area contributed by atoms with Gasteiger partial charge in [0.05, 0.1) is 0 Å². The highest BCUT2D eigenvalue weighted by Gasteiger charge is 2.02. The first-order valence-electron chi connectivity index (χ1n) is 6.48. The normalized spacial score (nSPS) is 15.7. The Morgan fingerprint density at radius 3 is 2.65 bits per heavy atom. The molecule has 0 bridgehead atoms. The van der Waals surface area contributed by atoms with E-state index in [-0.39, 0.29) is 0 Å². The molecule has 0 fully saturated rings. The van der Waals surface area contributed by atoms with Crippen molar-refractivity contribution in [3.63, 3.8) is 0 Å². The van der Waals surface area contributed by atoms with Crippen molar-refractivity contribution >= 4 is 15.9 Å². The Labute approximate surface area is 112 Å². The zero-order valence-electron chi connectivity index (χ0n) is 10.2. The second-order valence-electron chi connectivity index (χ2n) is 4.66. The van der Waals surface area contributed by atoms with Gasteiger partial charge in [-0.05, 0) is 56.3 Å². The van der Waals surface area contributed by atoms with Crippen LogP contribution in [0.4, 0.5) is 0 Å². The fourth-order valence-corrected chi connectivity index (χ4v) is 2.48. The molecular weight excluding hydrogens is 274 g/mol. The van der Waals surface area contributed by atoms with Crippen LogP contribution in [0.3, 0.4) is 0 Å². The van der Waals surface area contributed by atoms with E-state index in [0.29, 0.717) is 0 Å². The summed E-state index contributed by atoms with van der Waals surface area (Å²) in [4.78, 5) is 0. The van der Waals surface area contributed by atoms with Gasteiger partial charge in [-0.25, -0.2) is 0 Å². The summed E-state index contributed by atoms with van der Waals surface area (Å²) < 4.78 is 1.15. The van der Waals surface area contributed by atoms with Gasteiger partial charge in [-0.1, -0.05) is 39.7 Å². The molecule has 1 aliphatic rings. The van der Waals surface area contributed by atoms with Crippen molar-refractivity contribution in [3.05, 3.63) is 46.0 Å². The van der Waals surface area contributed by atoms with Crippen LogP contribution in [0.1, 0.15) is 37.7 Å². The second kappa shape index (κ2) is 6.97. The highest BCUT2D eigenvalue weighted by Crippen LogP contribution is 2.19. The maximum Gasteiger partial charge on any atom is 0.0205 e. The van der Waals surface area contributed by atoms with Crippen LogP contribution in [-0.2, 0) is 6.54 Å². The molecule has 0 atom stereocenters. The topological polar surface area (TPSA) is 12.0 Å². The van der Waals surface area contributed by atoms with E-state index in [1.165, 1.54) is 37.7 Å². The van der Waals surface area contributed by atoms with E-state index in [1.54, 1.807) is 5.57 Å². The molecule has 1 nitrogen and oxygen atoms in total. The Bertz CT molecular complexity index is 367. The molecule has 2 rings (SSSR count). The monoisotopic (exact) mass is 293 g/mol. The Morgan fingerprint density at radius 1 is 1.12 bits per heavy atom. The molecule has 0 heterocycles. The number of benzene rings is 1. The zero-order valence-corrected chi connectivity index (χ0v) is 11.8. The lowest BCUT2D eigenvalue weighted by Crippen LogP contribution is -2.15. The van der Waals surface area contributed by atoms with E-state index in [4.69, 9.17) is 0 Å². The molecule has 0 saturated heterocycles. The first kappa shape index (κ1) is 12.8. The summed E-state index contributed by atoms with van der Waals surface area (Å²) in [6, 6.07) is 8.52. The minimum absolute atomic E-state index is 0.973. The Hall–Kier alpha value is -0.600. The lowest BCUT2D eigenvalue weighted by atomic mass is 9.97. The van der Waals surface area contributed by atoms with Gasteiger partial charge in [-0.2, -0.15) is 0 Å². The maximum atomic E-state index is 3.51. The molecule has 0 aromatic heterocycles. The number of nitrogens with one attached hydrogen (secondary N) is 1. The molecular formula is C15H20BrN. The first-order chi connectivity index (χ1) is 8.34. The van der Waals surface area contributed by atoms with Crippen molar-refractivity contribution in [1.29, 1.82) is 0 Å². The molecule has 17 heavy (non-hydrogen) atoms. The minimum Gasteiger partial charge on any atom is -0.312 e. The van der Waals surface area contributed by atoms with Crippen LogP contribution in [0.25, 0.3) is 0 Å². The summed E-state index contributed by atoms with van der Waals surface area (Å²) in [7, 11) is 0. The summed E-state index contributed by atoms with van der Waals surface area (Å²) >= 11 is 3.45. The van der Waals surface area contributed by atoms with Gasteiger partial charge in [0.15, 0.2) is 0 Å².